The third kappa shape index (κ3) is 6.57. The second-order valence-electron chi connectivity index (χ2n) is 7.91. The molecule has 0 atom stereocenters. The molecule has 5 heteroatoms. The van der Waals surface area contributed by atoms with E-state index in [2.05, 4.69) is 36.2 Å². The topological polar surface area (TPSA) is 43.7 Å². The number of pyridine rings is 1. The Morgan fingerprint density at radius 1 is 0.758 bits per heavy atom. The van der Waals surface area contributed by atoms with Gasteiger partial charge in [-0.3, -0.25) is 14.3 Å². The molecule has 1 aromatic heterocycles. The predicted octanol–water partition coefficient (Wildman–Crippen LogP) is 4.93. The molecule has 0 bridgehead atoms. The first-order chi connectivity index (χ1) is 16.2. The minimum atomic E-state index is -0.142. The van der Waals surface area contributed by atoms with Crippen LogP contribution in [0.1, 0.15) is 11.1 Å². The van der Waals surface area contributed by atoms with E-state index in [0.29, 0.717) is 19.0 Å². The molecule has 5 nitrogen and oxygen atoms in total. The first kappa shape index (κ1) is 22.4. The molecule has 0 saturated heterocycles. The largest absolute Gasteiger partial charge is 0.492 e. The van der Waals surface area contributed by atoms with Crippen molar-refractivity contribution in [3.8, 4) is 17.2 Å². The average molecular weight is 441 g/mol. The lowest BCUT2D eigenvalue weighted by molar-refractivity contribution is 0.233. The smallest absolute Gasteiger partial charge is 0.258 e. The predicted molar refractivity (Wildman–Crippen MR) is 131 cm³/mol. The maximum atomic E-state index is 12.6. The maximum Gasteiger partial charge on any atom is 0.258 e. The molecule has 0 saturated carbocycles. The number of nitrogens with zero attached hydrogens (tertiary/aromatic N) is 2. The van der Waals surface area contributed by atoms with Crippen molar-refractivity contribution < 1.29 is 9.47 Å². The van der Waals surface area contributed by atoms with Crippen molar-refractivity contribution in [2.24, 2.45) is 0 Å². The lowest BCUT2D eigenvalue weighted by Gasteiger charge is -2.17. The molecule has 4 aromatic rings. The minimum absolute atomic E-state index is 0.142. The van der Waals surface area contributed by atoms with Gasteiger partial charge < -0.3 is 9.47 Å². The van der Waals surface area contributed by atoms with Gasteiger partial charge in [0.25, 0.3) is 5.56 Å². The number of likely N-dealkylation sites (N-methyl/N-ethyl adjacent to an activating group) is 1. The van der Waals surface area contributed by atoms with Gasteiger partial charge in [0.1, 0.15) is 24.7 Å². The summed E-state index contributed by atoms with van der Waals surface area (Å²) in [6.07, 6.45) is 1.73. The molecule has 1 heterocycles. The van der Waals surface area contributed by atoms with E-state index in [1.54, 1.807) is 16.8 Å². The summed E-state index contributed by atoms with van der Waals surface area (Å²) in [5.41, 5.74) is 2.98. The summed E-state index contributed by atoms with van der Waals surface area (Å²) in [6.45, 7) is 2.73. The standard InChI is InChI=1S/C28H28N2O3/c1-29(21-23-8-4-2-5-9-23)18-19-32-26-14-12-25(13-15-26)30-17-16-27(20-28(30)31)33-22-24-10-6-3-7-11-24/h2-17,20H,18-19,21-22H2,1H3. The molecule has 0 aliphatic heterocycles. The van der Waals surface area contributed by atoms with E-state index in [4.69, 9.17) is 9.47 Å². The van der Waals surface area contributed by atoms with Crippen LogP contribution in [0, 0.1) is 0 Å². The minimum Gasteiger partial charge on any atom is -0.492 e. The van der Waals surface area contributed by atoms with E-state index in [0.717, 1.165) is 30.1 Å². The highest BCUT2D eigenvalue weighted by Crippen LogP contribution is 2.16. The fraction of sp³-hybridized carbons (Fsp3) is 0.179. The quantitative estimate of drug-likeness (QED) is 0.351. The van der Waals surface area contributed by atoms with Crippen molar-refractivity contribution in [3.05, 3.63) is 125 Å². The van der Waals surface area contributed by atoms with Gasteiger partial charge in [0, 0.05) is 31.0 Å². The van der Waals surface area contributed by atoms with Gasteiger partial charge in [-0.1, -0.05) is 60.7 Å². The van der Waals surface area contributed by atoms with Crippen LogP contribution in [0.4, 0.5) is 0 Å². The second kappa shape index (κ2) is 11.2. The number of ether oxygens (including phenoxy) is 2. The molecule has 0 unspecified atom stereocenters. The average Bonchev–Trinajstić information content (AvgIpc) is 2.85. The summed E-state index contributed by atoms with van der Waals surface area (Å²) >= 11 is 0. The zero-order valence-electron chi connectivity index (χ0n) is 18.8. The first-order valence-electron chi connectivity index (χ1n) is 11.0. The van der Waals surface area contributed by atoms with E-state index >= 15 is 0 Å². The number of benzene rings is 3. The summed E-state index contributed by atoms with van der Waals surface area (Å²) in [5, 5.41) is 0. The molecule has 168 valence electrons. The van der Waals surface area contributed by atoms with Gasteiger partial charge in [-0.25, -0.2) is 0 Å². The van der Waals surface area contributed by atoms with Crippen LogP contribution in [0.5, 0.6) is 11.5 Å². The summed E-state index contributed by atoms with van der Waals surface area (Å²) < 4.78 is 13.2. The van der Waals surface area contributed by atoms with Crippen LogP contribution in [0.15, 0.2) is 108 Å². The second-order valence-corrected chi connectivity index (χ2v) is 7.91. The van der Waals surface area contributed by atoms with Crippen LogP contribution >= 0.6 is 0 Å². The Balaban J connectivity index is 1.29. The number of aromatic nitrogens is 1. The highest BCUT2D eigenvalue weighted by Gasteiger charge is 2.05. The van der Waals surface area contributed by atoms with Gasteiger partial charge >= 0.3 is 0 Å². The van der Waals surface area contributed by atoms with Crippen molar-refractivity contribution in [1.82, 2.24) is 9.47 Å². The zero-order valence-corrected chi connectivity index (χ0v) is 18.8. The molecule has 0 radical (unpaired) electrons. The van der Waals surface area contributed by atoms with Gasteiger partial charge in [0.2, 0.25) is 0 Å². The Labute approximate surface area is 194 Å². The van der Waals surface area contributed by atoms with E-state index < -0.39 is 0 Å². The van der Waals surface area contributed by atoms with Crippen LogP contribution in [-0.4, -0.2) is 29.7 Å². The van der Waals surface area contributed by atoms with Crippen LogP contribution in [0.25, 0.3) is 5.69 Å². The van der Waals surface area contributed by atoms with Gasteiger partial charge in [0.05, 0.1) is 0 Å². The van der Waals surface area contributed by atoms with Crippen LogP contribution in [0.2, 0.25) is 0 Å². The Kier molecular flexibility index (Phi) is 7.56. The van der Waals surface area contributed by atoms with E-state index in [9.17, 15) is 4.79 Å². The number of rotatable bonds is 10. The Bertz CT molecular complexity index is 1190. The van der Waals surface area contributed by atoms with Crippen LogP contribution in [-0.2, 0) is 13.2 Å². The zero-order chi connectivity index (χ0) is 22.9. The Hall–Kier alpha value is -3.83. The highest BCUT2D eigenvalue weighted by atomic mass is 16.5. The molecule has 33 heavy (non-hydrogen) atoms. The summed E-state index contributed by atoms with van der Waals surface area (Å²) in [7, 11) is 2.08. The molecule has 3 aromatic carbocycles. The maximum absolute atomic E-state index is 12.6. The molecule has 0 aliphatic rings. The SMILES string of the molecule is CN(CCOc1ccc(-n2ccc(OCc3ccccc3)cc2=O)cc1)Cc1ccccc1. The summed E-state index contributed by atoms with van der Waals surface area (Å²) in [6, 6.07) is 31.1. The molecular weight excluding hydrogens is 412 g/mol. The third-order valence-electron chi connectivity index (χ3n) is 5.29. The van der Waals surface area contributed by atoms with Crippen LogP contribution in [0.3, 0.4) is 0 Å². The molecule has 0 N–H and O–H groups in total. The molecular formula is C28H28N2O3. The molecule has 4 rings (SSSR count). The van der Waals surface area contributed by atoms with Crippen molar-refractivity contribution in [2.75, 3.05) is 20.2 Å². The van der Waals surface area contributed by atoms with Crippen molar-refractivity contribution in [3.63, 3.8) is 0 Å². The van der Waals surface area contributed by atoms with E-state index in [1.165, 1.54) is 11.6 Å². The molecule has 0 fully saturated rings. The Morgan fingerprint density at radius 3 is 2.09 bits per heavy atom. The monoisotopic (exact) mass is 440 g/mol. The number of hydrogen-bond donors (Lipinski definition) is 0. The summed E-state index contributed by atoms with van der Waals surface area (Å²) in [4.78, 5) is 14.8. The van der Waals surface area contributed by atoms with Gasteiger partial charge in [-0.2, -0.15) is 0 Å². The Morgan fingerprint density at radius 2 is 1.42 bits per heavy atom. The van der Waals surface area contributed by atoms with Crippen LogP contribution < -0.4 is 15.0 Å². The fourth-order valence-electron chi connectivity index (χ4n) is 3.50. The van der Waals surface area contributed by atoms with Crippen molar-refractivity contribution in [2.45, 2.75) is 13.2 Å². The highest BCUT2D eigenvalue weighted by molar-refractivity contribution is 5.38. The normalized spacial score (nSPS) is 10.8. The van der Waals surface area contributed by atoms with E-state index in [1.807, 2.05) is 60.7 Å². The van der Waals surface area contributed by atoms with Crippen molar-refractivity contribution in [1.29, 1.82) is 0 Å². The first-order valence-corrected chi connectivity index (χ1v) is 11.0. The molecule has 0 spiro atoms. The summed E-state index contributed by atoms with van der Waals surface area (Å²) in [5.74, 6) is 1.34. The van der Waals surface area contributed by atoms with Gasteiger partial charge in [-0.15, -0.1) is 0 Å². The van der Waals surface area contributed by atoms with Gasteiger partial charge in [0.15, 0.2) is 0 Å². The fourth-order valence-corrected chi connectivity index (χ4v) is 3.50. The molecule has 0 aliphatic carbocycles. The lowest BCUT2D eigenvalue weighted by atomic mass is 10.2. The molecule has 0 amide bonds. The third-order valence-corrected chi connectivity index (χ3v) is 5.29. The number of hydrogen-bond acceptors (Lipinski definition) is 4. The van der Waals surface area contributed by atoms with Crippen molar-refractivity contribution >= 4 is 0 Å². The lowest BCUT2D eigenvalue weighted by Crippen LogP contribution is -2.23. The van der Waals surface area contributed by atoms with E-state index in [-0.39, 0.29) is 5.56 Å². The van der Waals surface area contributed by atoms with Gasteiger partial charge in [-0.05, 0) is 48.5 Å².